The Kier molecular flexibility index (Phi) is 3.66. The summed E-state index contributed by atoms with van der Waals surface area (Å²) >= 11 is 0. The summed E-state index contributed by atoms with van der Waals surface area (Å²) in [5.74, 6) is 1.85. The third-order valence-electron chi connectivity index (χ3n) is 7.64. The zero-order chi connectivity index (χ0) is 22.4. The lowest BCUT2D eigenvalue weighted by molar-refractivity contribution is 0.429. The molecule has 1 spiro atoms. The minimum atomic E-state index is -0.532. The largest absolute Gasteiger partial charge is 0.456 e. The van der Waals surface area contributed by atoms with Crippen molar-refractivity contribution in [2.24, 2.45) is 0 Å². The Hall–Kier alpha value is -3.72. The van der Waals surface area contributed by atoms with Gasteiger partial charge in [-0.1, -0.05) is 42.5 Å². The molecule has 1 aliphatic heterocycles. The summed E-state index contributed by atoms with van der Waals surface area (Å²) < 4.78 is 6.72. The molecule has 0 fully saturated rings. The Balaban J connectivity index is 1.89. The number of hydrogen-bond donors (Lipinski definition) is 2. The van der Waals surface area contributed by atoms with E-state index in [1.54, 1.807) is 0 Å². The zero-order valence-electron chi connectivity index (χ0n) is 18.8. The van der Waals surface area contributed by atoms with E-state index >= 15 is 0 Å². The summed E-state index contributed by atoms with van der Waals surface area (Å²) in [7, 11) is 0. The van der Waals surface area contributed by atoms with Crippen molar-refractivity contribution >= 4 is 11.4 Å². The summed E-state index contributed by atoms with van der Waals surface area (Å²) in [6.07, 6.45) is 0. The van der Waals surface area contributed by atoms with Gasteiger partial charge < -0.3 is 16.2 Å². The molecule has 2 aliphatic rings. The van der Waals surface area contributed by atoms with Gasteiger partial charge in [-0.25, -0.2) is 0 Å². The highest BCUT2D eigenvalue weighted by Gasteiger charge is 2.52. The van der Waals surface area contributed by atoms with E-state index in [9.17, 15) is 0 Å². The Morgan fingerprint density at radius 1 is 0.625 bits per heavy atom. The van der Waals surface area contributed by atoms with Crippen LogP contribution in [0.15, 0.2) is 60.7 Å². The van der Waals surface area contributed by atoms with Gasteiger partial charge in [-0.15, -0.1) is 0 Å². The highest BCUT2D eigenvalue weighted by molar-refractivity contribution is 5.90. The first-order valence-corrected chi connectivity index (χ1v) is 11.0. The molecule has 3 nitrogen and oxygen atoms in total. The standard InChI is InChI=1S/C29H26N2O/c1-15-9-12-23-27(16(15)2)32-28-18(4)17(3)26(31)14-25(28)29(23)22-8-6-5-7-20(22)21-11-10-19(30)13-24(21)29/h5-14H,30-31H2,1-4H3. The number of nitrogens with two attached hydrogens (primary N) is 2. The number of ether oxygens (including phenoxy) is 1. The van der Waals surface area contributed by atoms with Gasteiger partial charge in [-0.3, -0.25) is 0 Å². The monoisotopic (exact) mass is 418 g/mol. The van der Waals surface area contributed by atoms with Crippen LogP contribution < -0.4 is 16.2 Å². The van der Waals surface area contributed by atoms with E-state index in [0.717, 1.165) is 50.7 Å². The number of hydrogen-bond acceptors (Lipinski definition) is 3. The first-order chi connectivity index (χ1) is 15.4. The van der Waals surface area contributed by atoms with E-state index in [4.69, 9.17) is 16.2 Å². The van der Waals surface area contributed by atoms with E-state index in [2.05, 4.69) is 82.3 Å². The Labute approximate surface area is 188 Å². The molecule has 0 saturated carbocycles. The van der Waals surface area contributed by atoms with Crippen LogP contribution in [0.4, 0.5) is 11.4 Å². The molecule has 4 N–H and O–H groups in total. The maximum atomic E-state index is 6.72. The van der Waals surface area contributed by atoms with Crippen LogP contribution in [0, 0.1) is 27.7 Å². The molecule has 0 saturated heterocycles. The van der Waals surface area contributed by atoms with Crippen LogP contribution in [0.1, 0.15) is 44.5 Å². The van der Waals surface area contributed by atoms with Gasteiger partial charge in [0.25, 0.3) is 0 Å². The van der Waals surface area contributed by atoms with Crippen LogP contribution >= 0.6 is 0 Å². The molecule has 3 heteroatoms. The van der Waals surface area contributed by atoms with Crippen molar-refractivity contribution in [3.8, 4) is 22.6 Å². The molecule has 1 unspecified atom stereocenters. The van der Waals surface area contributed by atoms with E-state index in [-0.39, 0.29) is 0 Å². The molecule has 4 aromatic rings. The fourth-order valence-electron chi connectivity index (χ4n) is 5.67. The zero-order valence-corrected chi connectivity index (χ0v) is 18.8. The summed E-state index contributed by atoms with van der Waals surface area (Å²) in [5.41, 5.74) is 25.6. The molecular weight excluding hydrogens is 392 g/mol. The van der Waals surface area contributed by atoms with E-state index in [1.165, 1.54) is 27.8 Å². The van der Waals surface area contributed by atoms with Crippen LogP contribution in [0.3, 0.4) is 0 Å². The number of nitrogen functional groups attached to an aromatic ring is 2. The van der Waals surface area contributed by atoms with Crippen molar-refractivity contribution in [2.75, 3.05) is 11.5 Å². The molecule has 0 bridgehead atoms. The van der Waals surface area contributed by atoms with Crippen molar-refractivity contribution in [3.63, 3.8) is 0 Å². The second-order valence-electron chi connectivity index (χ2n) is 9.18. The third-order valence-corrected chi connectivity index (χ3v) is 7.64. The number of aryl methyl sites for hydroxylation is 1. The number of rotatable bonds is 0. The first-order valence-electron chi connectivity index (χ1n) is 11.0. The minimum Gasteiger partial charge on any atom is -0.456 e. The maximum absolute atomic E-state index is 6.72. The lowest BCUT2D eigenvalue weighted by Gasteiger charge is -2.41. The lowest BCUT2D eigenvalue weighted by Crippen LogP contribution is -2.33. The second kappa shape index (κ2) is 6.17. The SMILES string of the molecule is Cc1ccc2c(c1C)Oc1c(cc(N)c(C)c1C)C21c2ccccc2-c2ccc(N)cc21. The summed E-state index contributed by atoms with van der Waals surface area (Å²) in [6.45, 7) is 8.45. The van der Waals surface area contributed by atoms with Gasteiger partial charge in [0.2, 0.25) is 0 Å². The van der Waals surface area contributed by atoms with Crippen LogP contribution in [-0.2, 0) is 5.41 Å². The van der Waals surface area contributed by atoms with Crippen LogP contribution in [0.5, 0.6) is 11.5 Å². The fourth-order valence-corrected chi connectivity index (χ4v) is 5.67. The Morgan fingerprint density at radius 2 is 1.34 bits per heavy atom. The normalized spacial score (nSPS) is 17.4. The summed E-state index contributed by atoms with van der Waals surface area (Å²) in [5, 5.41) is 0. The minimum absolute atomic E-state index is 0.532. The highest BCUT2D eigenvalue weighted by Crippen LogP contribution is 2.63. The highest BCUT2D eigenvalue weighted by atomic mass is 16.5. The number of benzene rings is 4. The van der Waals surface area contributed by atoms with Crippen LogP contribution in [0.25, 0.3) is 11.1 Å². The Morgan fingerprint density at radius 3 is 2.16 bits per heavy atom. The average molecular weight is 419 g/mol. The van der Waals surface area contributed by atoms with E-state index in [0.29, 0.717) is 0 Å². The summed E-state index contributed by atoms with van der Waals surface area (Å²) in [4.78, 5) is 0. The van der Waals surface area contributed by atoms with Crippen molar-refractivity contribution in [1.29, 1.82) is 0 Å². The molecule has 0 radical (unpaired) electrons. The molecule has 32 heavy (non-hydrogen) atoms. The van der Waals surface area contributed by atoms with Crippen molar-refractivity contribution in [3.05, 3.63) is 105 Å². The number of anilines is 2. The van der Waals surface area contributed by atoms with Gasteiger partial charge in [-0.05, 0) is 90.4 Å². The van der Waals surface area contributed by atoms with E-state index in [1.807, 2.05) is 6.07 Å². The van der Waals surface area contributed by atoms with Crippen LogP contribution in [0.2, 0.25) is 0 Å². The predicted octanol–water partition coefficient (Wildman–Crippen LogP) is 6.55. The molecule has 1 atom stereocenters. The molecule has 0 amide bonds. The van der Waals surface area contributed by atoms with E-state index < -0.39 is 5.41 Å². The van der Waals surface area contributed by atoms with Gasteiger partial charge in [0, 0.05) is 22.5 Å². The summed E-state index contributed by atoms with van der Waals surface area (Å²) in [6, 6.07) is 21.5. The third kappa shape index (κ3) is 2.11. The molecule has 1 heterocycles. The van der Waals surface area contributed by atoms with Crippen molar-refractivity contribution < 1.29 is 4.74 Å². The molecule has 4 aromatic carbocycles. The fraction of sp³-hybridized carbons (Fsp3) is 0.172. The topological polar surface area (TPSA) is 61.3 Å². The van der Waals surface area contributed by atoms with Gasteiger partial charge in [0.15, 0.2) is 0 Å². The predicted molar refractivity (Wildman–Crippen MR) is 132 cm³/mol. The molecule has 0 aromatic heterocycles. The van der Waals surface area contributed by atoms with Crippen molar-refractivity contribution in [1.82, 2.24) is 0 Å². The van der Waals surface area contributed by atoms with Gasteiger partial charge in [0.05, 0.1) is 5.41 Å². The first kappa shape index (κ1) is 19.0. The average Bonchev–Trinajstić information content (AvgIpc) is 3.06. The maximum Gasteiger partial charge on any atom is 0.135 e. The smallest absolute Gasteiger partial charge is 0.135 e. The molecule has 1 aliphatic carbocycles. The number of fused-ring (bicyclic) bond motifs is 9. The quantitative estimate of drug-likeness (QED) is 0.275. The van der Waals surface area contributed by atoms with Gasteiger partial charge in [-0.2, -0.15) is 0 Å². The Bertz CT molecular complexity index is 1470. The van der Waals surface area contributed by atoms with Crippen molar-refractivity contribution in [2.45, 2.75) is 33.1 Å². The van der Waals surface area contributed by atoms with Gasteiger partial charge >= 0.3 is 0 Å². The lowest BCUT2D eigenvalue weighted by atomic mass is 9.65. The molecular formula is C29H26N2O. The van der Waals surface area contributed by atoms with Crippen LogP contribution in [-0.4, -0.2) is 0 Å². The molecule has 158 valence electrons. The van der Waals surface area contributed by atoms with Gasteiger partial charge in [0.1, 0.15) is 11.5 Å². The second-order valence-corrected chi connectivity index (χ2v) is 9.18. The molecule has 6 rings (SSSR count).